The average molecular weight is 262 g/mol. The molecular weight excluding hydrogens is 248 g/mol. The van der Waals surface area contributed by atoms with Gasteiger partial charge < -0.3 is 0 Å². The van der Waals surface area contributed by atoms with Crippen LogP contribution in [0.3, 0.4) is 0 Å². The summed E-state index contributed by atoms with van der Waals surface area (Å²) in [7, 11) is 0. The lowest BCUT2D eigenvalue weighted by molar-refractivity contribution is -0.0958. The Morgan fingerprint density at radius 2 is 1.72 bits per heavy atom. The van der Waals surface area contributed by atoms with Gasteiger partial charge in [0.05, 0.1) is 0 Å². The molecule has 0 fully saturated rings. The zero-order chi connectivity index (χ0) is 13.9. The fourth-order valence-corrected chi connectivity index (χ4v) is 1.49. The van der Waals surface area contributed by atoms with Crippen molar-refractivity contribution in [2.24, 2.45) is 0 Å². The minimum Gasteiger partial charge on any atom is -0.287 e. The van der Waals surface area contributed by atoms with Crippen LogP contribution in [0.5, 0.6) is 0 Å². The van der Waals surface area contributed by atoms with Gasteiger partial charge in [0.15, 0.2) is 0 Å². The van der Waals surface area contributed by atoms with Gasteiger partial charge in [0.1, 0.15) is 0 Å². The third-order valence-electron chi connectivity index (χ3n) is 2.93. The lowest BCUT2D eigenvalue weighted by Crippen LogP contribution is -2.36. The van der Waals surface area contributed by atoms with Gasteiger partial charge in [0.25, 0.3) is 0 Å². The van der Waals surface area contributed by atoms with E-state index < -0.39 is 23.7 Å². The van der Waals surface area contributed by atoms with E-state index in [4.69, 9.17) is 0 Å². The SMILES string of the molecule is CCC(C)c1ccc(C(=O)C(F)(F)C(F)F)cc1. The third kappa shape index (κ3) is 2.89. The van der Waals surface area contributed by atoms with Crippen LogP contribution in [-0.2, 0) is 0 Å². The van der Waals surface area contributed by atoms with E-state index in [0.29, 0.717) is 0 Å². The highest BCUT2D eigenvalue weighted by molar-refractivity contribution is 6.01. The van der Waals surface area contributed by atoms with Crippen molar-refractivity contribution >= 4 is 5.78 Å². The number of Topliss-reactive ketones (excluding diaryl/α,β-unsaturated/α-hetero) is 1. The van der Waals surface area contributed by atoms with E-state index in [2.05, 4.69) is 0 Å². The van der Waals surface area contributed by atoms with Gasteiger partial charge >= 0.3 is 12.3 Å². The van der Waals surface area contributed by atoms with E-state index in [9.17, 15) is 22.4 Å². The molecule has 0 radical (unpaired) electrons. The highest BCUT2D eigenvalue weighted by Gasteiger charge is 2.48. The Hall–Kier alpha value is -1.39. The Morgan fingerprint density at radius 3 is 2.11 bits per heavy atom. The zero-order valence-corrected chi connectivity index (χ0v) is 10.1. The quantitative estimate of drug-likeness (QED) is 0.571. The van der Waals surface area contributed by atoms with Crippen LogP contribution < -0.4 is 0 Å². The molecule has 18 heavy (non-hydrogen) atoms. The van der Waals surface area contributed by atoms with Crippen molar-refractivity contribution in [1.82, 2.24) is 0 Å². The summed E-state index contributed by atoms with van der Waals surface area (Å²) in [6.07, 6.45) is -3.13. The molecule has 100 valence electrons. The van der Waals surface area contributed by atoms with Gasteiger partial charge in [-0.25, -0.2) is 8.78 Å². The molecule has 0 N–H and O–H groups in total. The molecule has 0 aliphatic heterocycles. The number of alkyl halides is 4. The minimum atomic E-state index is -4.63. The molecule has 0 bridgehead atoms. The number of carbonyl (C=O) groups is 1. The second-order valence-electron chi connectivity index (χ2n) is 4.18. The van der Waals surface area contributed by atoms with Crippen LogP contribution in [0.15, 0.2) is 24.3 Å². The van der Waals surface area contributed by atoms with Crippen LogP contribution in [0.2, 0.25) is 0 Å². The van der Waals surface area contributed by atoms with Crippen molar-refractivity contribution in [3.05, 3.63) is 35.4 Å². The normalized spacial score (nSPS) is 13.7. The summed E-state index contributed by atoms with van der Waals surface area (Å²) >= 11 is 0. The highest BCUT2D eigenvalue weighted by atomic mass is 19.3. The molecule has 0 aliphatic carbocycles. The number of benzene rings is 1. The van der Waals surface area contributed by atoms with E-state index in [0.717, 1.165) is 12.0 Å². The monoisotopic (exact) mass is 262 g/mol. The van der Waals surface area contributed by atoms with Gasteiger partial charge in [-0.05, 0) is 17.9 Å². The van der Waals surface area contributed by atoms with Gasteiger partial charge in [0, 0.05) is 5.56 Å². The first-order valence-electron chi connectivity index (χ1n) is 5.61. The lowest BCUT2D eigenvalue weighted by Gasteiger charge is -2.14. The Morgan fingerprint density at radius 1 is 1.22 bits per heavy atom. The average Bonchev–Trinajstić information content (AvgIpc) is 2.36. The maximum absolute atomic E-state index is 12.9. The van der Waals surface area contributed by atoms with Crippen LogP contribution in [0.25, 0.3) is 0 Å². The van der Waals surface area contributed by atoms with E-state index in [1.165, 1.54) is 24.3 Å². The van der Waals surface area contributed by atoms with Gasteiger partial charge in [-0.3, -0.25) is 4.79 Å². The number of halogens is 4. The zero-order valence-electron chi connectivity index (χ0n) is 10.1. The summed E-state index contributed by atoms with van der Waals surface area (Å²) in [5.74, 6) is -6.24. The first-order chi connectivity index (χ1) is 8.30. The maximum atomic E-state index is 12.9. The first-order valence-corrected chi connectivity index (χ1v) is 5.61. The van der Waals surface area contributed by atoms with Gasteiger partial charge in [-0.15, -0.1) is 0 Å². The standard InChI is InChI=1S/C13H14F4O/c1-3-8(2)9-4-6-10(7-5-9)11(18)13(16,17)12(14)15/h4-8,12H,3H2,1-2H3. The molecule has 0 aliphatic rings. The third-order valence-corrected chi connectivity index (χ3v) is 2.93. The molecule has 1 unspecified atom stereocenters. The van der Waals surface area contributed by atoms with Crippen molar-refractivity contribution < 1.29 is 22.4 Å². The van der Waals surface area contributed by atoms with Crippen molar-refractivity contribution in [1.29, 1.82) is 0 Å². The number of hydrogen-bond donors (Lipinski definition) is 0. The Bertz CT molecular complexity index is 412. The lowest BCUT2D eigenvalue weighted by atomic mass is 9.96. The highest BCUT2D eigenvalue weighted by Crippen LogP contribution is 2.28. The smallest absolute Gasteiger partial charge is 0.287 e. The molecule has 5 heteroatoms. The number of carbonyl (C=O) groups excluding carboxylic acids is 1. The molecule has 0 saturated heterocycles. The van der Waals surface area contributed by atoms with E-state index >= 15 is 0 Å². The first kappa shape index (κ1) is 14.7. The molecule has 0 amide bonds. The summed E-state index contributed by atoms with van der Waals surface area (Å²) in [6, 6.07) is 5.37. The van der Waals surface area contributed by atoms with E-state index in [-0.39, 0.29) is 5.92 Å². The number of hydrogen-bond acceptors (Lipinski definition) is 1. The molecule has 1 atom stereocenters. The summed E-state index contributed by atoms with van der Waals surface area (Å²) in [5, 5.41) is 0. The van der Waals surface area contributed by atoms with E-state index in [1.54, 1.807) is 0 Å². The van der Waals surface area contributed by atoms with Crippen LogP contribution in [0.1, 0.15) is 42.1 Å². The minimum absolute atomic E-state index is 0.227. The second-order valence-corrected chi connectivity index (χ2v) is 4.18. The largest absolute Gasteiger partial charge is 0.368 e. The number of ketones is 1. The van der Waals surface area contributed by atoms with Crippen molar-refractivity contribution in [3.63, 3.8) is 0 Å². The van der Waals surface area contributed by atoms with Gasteiger partial charge in [-0.2, -0.15) is 8.78 Å². The second kappa shape index (κ2) is 5.50. The molecule has 1 nitrogen and oxygen atoms in total. The predicted octanol–water partition coefficient (Wildman–Crippen LogP) is 4.28. The van der Waals surface area contributed by atoms with Crippen LogP contribution in [-0.4, -0.2) is 18.1 Å². The maximum Gasteiger partial charge on any atom is 0.368 e. The number of rotatable bonds is 5. The molecule has 0 saturated carbocycles. The molecule has 1 rings (SSSR count). The molecular formula is C13H14F4O. The summed E-state index contributed by atoms with van der Waals surface area (Å²) in [5.41, 5.74) is 0.488. The Labute approximate surface area is 103 Å². The van der Waals surface area contributed by atoms with Gasteiger partial charge in [0.2, 0.25) is 5.78 Å². The molecule has 0 aromatic heterocycles. The van der Waals surface area contributed by atoms with Crippen LogP contribution in [0.4, 0.5) is 17.6 Å². The predicted molar refractivity (Wildman–Crippen MR) is 60.4 cm³/mol. The fraction of sp³-hybridized carbons (Fsp3) is 0.462. The molecule has 1 aromatic rings. The van der Waals surface area contributed by atoms with Crippen molar-refractivity contribution in [2.45, 2.75) is 38.5 Å². The Kier molecular flexibility index (Phi) is 4.48. The topological polar surface area (TPSA) is 17.1 Å². The summed E-state index contributed by atoms with van der Waals surface area (Å²) in [6.45, 7) is 3.92. The van der Waals surface area contributed by atoms with Gasteiger partial charge in [-0.1, -0.05) is 38.1 Å². The summed E-state index contributed by atoms with van der Waals surface area (Å²) in [4.78, 5) is 11.2. The summed E-state index contributed by atoms with van der Waals surface area (Å²) < 4.78 is 49.8. The Balaban J connectivity index is 2.96. The van der Waals surface area contributed by atoms with Crippen molar-refractivity contribution in [2.75, 3.05) is 0 Å². The van der Waals surface area contributed by atoms with Crippen LogP contribution >= 0.6 is 0 Å². The molecule has 1 aromatic carbocycles. The van der Waals surface area contributed by atoms with E-state index in [1.807, 2.05) is 13.8 Å². The van der Waals surface area contributed by atoms with Crippen molar-refractivity contribution in [3.8, 4) is 0 Å². The molecule has 0 spiro atoms. The molecule has 0 heterocycles. The fourth-order valence-electron chi connectivity index (χ4n) is 1.49. The van der Waals surface area contributed by atoms with Crippen LogP contribution in [0, 0.1) is 0 Å².